The average Bonchev–Trinajstić information content (AvgIpc) is 2.74. The number of benzene rings is 2. The van der Waals surface area contributed by atoms with Crippen LogP contribution in [0.25, 0.3) is 33.6 Å². The Bertz CT molecular complexity index is 1250. The fourth-order valence-electron chi connectivity index (χ4n) is 2.99. The van der Waals surface area contributed by atoms with Gasteiger partial charge in [0.05, 0.1) is 25.2 Å². The summed E-state index contributed by atoms with van der Waals surface area (Å²) >= 11 is 0. The number of hydrogen-bond acceptors (Lipinski definition) is 4. The molecule has 4 rings (SSSR count). The third-order valence-electron chi connectivity index (χ3n) is 4.47. The van der Waals surface area contributed by atoms with Crippen molar-refractivity contribution in [2.45, 2.75) is 0 Å². The molecule has 0 bridgehead atoms. The number of hydrogen-bond donors (Lipinski definition) is 0. The Morgan fingerprint density at radius 2 is 1.57 bits per heavy atom. The van der Waals surface area contributed by atoms with E-state index in [4.69, 9.17) is 4.74 Å². The molecule has 0 atom stereocenters. The number of rotatable bonds is 4. The van der Waals surface area contributed by atoms with E-state index in [0.29, 0.717) is 22.9 Å². The molecule has 0 spiro atoms. The zero-order valence-electron chi connectivity index (χ0n) is 15.5. The normalized spacial score (nSPS) is 10.8. The van der Waals surface area contributed by atoms with Gasteiger partial charge in [-0.3, -0.25) is 4.98 Å². The van der Waals surface area contributed by atoms with Crippen LogP contribution in [0, 0.1) is 23.3 Å². The summed E-state index contributed by atoms with van der Waals surface area (Å²) in [5.41, 5.74) is 0.975. The second-order valence-electron chi connectivity index (χ2n) is 6.35. The van der Waals surface area contributed by atoms with Gasteiger partial charge in [0.25, 0.3) is 0 Å². The van der Waals surface area contributed by atoms with E-state index in [1.165, 1.54) is 37.6 Å². The minimum absolute atomic E-state index is 0.140. The van der Waals surface area contributed by atoms with Crippen molar-refractivity contribution in [1.29, 1.82) is 0 Å². The van der Waals surface area contributed by atoms with Crippen molar-refractivity contribution < 1.29 is 22.3 Å². The zero-order chi connectivity index (χ0) is 21.3. The largest absolute Gasteiger partial charge is 0.497 e. The molecule has 0 aliphatic rings. The summed E-state index contributed by atoms with van der Waals surface area (Å²) in [6.07, 6.45) is 2.22. The first-order valence-electron chi connectivity index (χ1n) is 8.74. The molecule has 2 aromatic carbocycles. The van der Waals surface area contributed by atoms with E-state index in [2.05, 4.69) is 15.2 Å². The molecule has 0 amide bonds. The van der Waals surface area contributed by atoms with Crippen LogP contribution in [0.4, 0.5) is 17.6 Å². The summed E-state index contributed by atoms with van der Waals surface area (Å²) in [6, 6.07) is 10.5. The predicted octanol–water partition coefficient (Wildman–Crippen LogP) is 5.44. The molecule has 150 valence electrons. The second kappa shape index (κ2) is 7.90. The molecule has 0 fully saturated rings. The Hall–Kier alpha value is -3.81. The molecule has 0 saturated carbocycles. The molecule has 30 heavy (non-hydrogen) atoms. The van der Waals surface area contributed by atoms with E-state index in [-0.39, 0.29) is 22.5 Å². The molecule has 0 aliphatic carbocycles. The molecular formula is C22H13F4N3O. The van der Waals surface area contributed by atoms with Gasteiger partial charge in [-0.1, -0.05) is 6.07 Å². The Labute approximate surface area is 168 Å². The van der Waals surface area contributed by atoms with Crippen LogP contribution in [0.3, 0.4) is 0 Å². The molecule has 4 aromatic rings. The van der Waals surface area contributed by atoms with E-state index in [1.54, 1.807) is 12.1 Å². The van der Waals surface area contributed by atoms with Gasteiger partial charge in [0.2, 0.25) is 0 Å². The highest BCUT2D eigenvalue weighted by atomic mass is 19.1. The van der Waals surface area contributed by atoms with E-state index in [0.717, 1.165) is 12.3 Å². The zero-order valence-corrected chi connectivity index (χ0v) is 15.5. The Morgan fingerprint density at radius 3 is 2.30 bits per heavy atom. The quantitative estimate of drug-likeness (QED) is 0.420. The van der Waals surface area contributed by atoms with Gasteiger partial charge in [0, 0.05) is 28.8 Å². The number of aromatic nitrogens is 3. The van der Waals surface area contributed by atoms with E-state index in [1.807, 2.05) is 0 Å². The molecule has 2 aromatic heterocycles. The fourth-order valence-corrected chi connectivity index (χ4v) is 2.99. The summed E-state index contributed by atoms with van der Waals surface area (Å²) < 4.78 is 61.0. The Morgan fingerprint density at radius 1 is 0.733 bits per heavy atom. The monoisotopic (exact) mass is 411 g/mol. The van der Waals surface area contributed by atoms with Crippen molar-refractivity contribution in [2.75, 3.05) is 7.11 Å². The lowest BCUT2D eigenvalue weighted by molar-refractivity contribution is 0.411. The maximum Gasteiger partial charge on any atom is 0.152 e. The van der Waals surface area contributed by atoms with Gasteiger partial charge in [-0.05, 0) is 35.9 Å². The first-order valence-corrected chi connectivity index (χ1v) is 8.74. The number of pyridine rings is 1. The maximum absolute atomic E-state index is 14.4. The third-order valence-corrected chi connectivity index (χ3v) is 4.47. The minimum atomic E-state index is -0.986. The Kier molecular flexibility index (Phi) is 5.14. The van der Waals surface area contributed by atoms with E-state index >= 15 is 0 Å². The van der Waals surface area contributed by atoms with Crippen LogP contribution in [0.2, 0.25) is 0 Å². The van der Waals surface area contributed by atoms with Crippen LogP contribution in [-0.2, 0) is 0 Å². The number of halogens is 4. The molecule has 0 N–H and O–H groups in total. The second-order valence-corrected chi connectivity index (χ2v) is 6.35. The molecule has 8 heteroatoms. The smallest absolute Gasteiger partial charge is 0.152 e. The van der Waals surface area contributed by atoms with E-state index < -0.39 is 23.3 Å². The van der Waals surface area contributed by atoms with Crippen molar-refractivity contribution in [2.24, 2.45) is 0 Å². The number of methoxy groups -OCH3 is 1. The molecular weight excluding hydrogens is 398 g/mol. The summed E-state index contributed by atoms with van der Waals surface area (Å²) in [7, 11) is 1.43. The first kappa shape index (κ1) is 19.5. The summed E-state index contributed by atoms with van der Waals surface area (Å²) in [4.78, 5) is 3.66. The van der Waals surface area contributed by atoms with Gasteiger partial charge in [-0.25, -0.2) is 17.6 Å². The van der Waals surface area contributed by atoms with Crippen molar-refractivity contribution in [3.05, 3.63) is 84.2 Å². The lowest BCUT2D eigenvalue weighted by Crippen LogP contribution is -1.96. The van der Waals surface area contributed by atoms with Gasteiger partial charge in [0.1, 0.15) is 28.9 Å². The lowest BCUT2D eigenvalue weighted by Gasteiger charge is -2.09. The highest BCUT2D eigenvalue weighted by molar-refractivity contribution is 5.74. The lowest BCUT2D eigenvalue weighted by atomic mass is 10.0. The summed E-state index contributed by atoms with van der Waals surface area (Å²) in [5, 5.41) is 7.85. The van der Waals surface area contributed by atoms with Crippen LogP contribution in [-0.4, -0.2) is 22.3 Å². The van der Waals surface area contributed by atoms with Crippen LogP contribution in [0.15, 0.2) is 60.9 Å². The van der Waals surface area contributed by atoms with Crippen LogP contribution in [0.5, 0.6) is 5.75 Å². The molecule has 0 saturated heterocycles. The topological polar surface area (TPSA) is 47.9 Å². The van der Waals surface area contributed by atoms with Gasteiger partial charge in [-0.15, -0.1) is 0 Å². The molecule has 0 aliphatic heterocycles. The van der Waals surface area contributed by atoms with Crippen LogP contribution < -0.4 is 4.74 Å². The predicted molar refractivity (Wildman–Crippen MR) is 103 cm³/mol. The summed E-state index contributed by atoms with van der Waals surface area (Å²) in [6.45, 7) is 0. The Balaban J connectivity index is 1.78. The van der Waals surface area contributed by atoms with Crippen LogP contribution in [0.1, 0.15) is 0 Å². The maximum atomic E-state index is 14.4. The third kappa shape index (κ3) is 3.71. The highest BCUT2D eigenvalue weighted by Crippen LogP contribution is 2.31. The highest BCUT2D eigenvalue weighted by Gasteiger charge is 2.15. The van der Waals surface area contributed by atoms with Gasteiger partial charge in [0.15, 0.2) is 5.82 Å². The van der Waals surface area contributed by atoms with Crippen molar-refractivity contribution in [3.8, 4) is 39.4 Å². The molecule has 2 heterocycles. The average molecular weight is 411 g/mol. The SMILES string of the molecule is COc1ccc(-c2cc(-c3ccc(F)c(-c4ncc(F)cc4F)c3)cnn2)c(F)c1. The molecule has 4 nitrogen and oxygen atoms in total. The molecule has 0 radical (unpaired) electrons. The summed E-state index contributed by atoms with van der Waals surface area (Å²) in [5.74, 6) is -2.76. The number of ether oxygens (including phenoxy) is 1. The fraction of sp³-hybridized carbons (Fsp3) is 0.0455. The number of nitrogens with zero attached hydrogens (tertiary/aromatic N) is 3. The molecule has 0 unspecified atom stereocenters. The minimum Gasteiger partial charge on any atom is -0.497 e. The van der Waals surface area contributed by atoms with Gasteiger partial charge < -0.3 is 4.74 Å². The van der Waals surface area contributed by atoms with Crippen molar-refractivity contribution >= 4 is 0 Å². The van der Waals surface area contributed by atoms with Gasteiger partial charge >= 0.3 is 0 Å². The standard InChI is InChI=1S/C22H13F4N3O/c1-30-15-3-4-16(19(25)9-15)21-7-13(10-28-29-21)12-2-5-18(24)17(6-12)22-20(26)8-14(23)11-27-22/h2-11H,1H3. The van der Waals surface area contributed by atoms with Crippen molar-refractivity contribution in [1.82, 2.24) is 15.2 Å². The van der Waals surface area contributed by atoms with Crippen molar-refractivity contribution in [3.63, 3.8) is 0 Å². The van der Waals surface area contributed by atoms with E-state index in [9.17, 15) is 17.6 Å². The van der Waals surface area contributed by atoms with Gasteiger partial charge in [-0.2, -0.15) is 10.2 Å². The first-order chi connectivity index (χ1) is 14.5. The van der Waals surface area contributed by atoms with Crippen LogP contribution >= 0.6 is 0 Å².